The van der Waals surface area contributed by atoms with Gasteiger partial charge in [0.2, 0.25) is 0 Å². The van der Waals surface area contributed by atoms with Gasteiger partial charge in [-0.25, -0.2) is 0 Å². The van der Waals surface area contributed by atoms with Gasteiger partial charge in [0, 0.05) is 18.4 Å². The molecule has 0 saturated carbocycles. The monoisotopic (exact) mass is 423 g/mol. The molecule has 0 amide bonds. The molecule has 160 valence electrons. The number of alkyl halides is 3. The van der Waals surface area contributed by atoms with E-state index in [1.54, 1.807) is 31.4 Å². The van der Waals surface area contributed by atoms with Crippen molar-refractivity contribution in [3.05, 3.63) is 95.6 Å². The Balaban J connectivity index is 2.09. The Morgan fingerprint density at radius 2 is 1.55 bits per heavy atom. The number of benzene rings is 3. The van der Waals surface area contributed by atoms with Gasteiger partial charge in [-0.2, -0.15) is 13.2 Å². The molecule has 5 heteroatoms. The quantitative estimate of drug-likeness (QED) is 0.317. The summed E-state index contributed by atoms with van der Waals surface area (Å²) < 4.78 is 48.9. The summed E-state index contributed by atoms with van der Waals surface area (Å²) in [6, 6.07) is 24.4. The van der Waals surface area contributed by atoms with Crippen LogP contribution in [0, 0.1) is 6.92 Å². The van der Waals surface area contributed by atoms with Gasteiger partial charge in [-0.1, -0.05) is 72.8 Å². The lowest BCUT2D eigenvalue weighted by atomic mass is 9.85. The molecular weight excluding hydrogens is 399 g/mol. The molecule has 0 N–H and O–H groups in total. The molecule has 0 aliphatic heterocycles. The van der Waals surface area contributed by atoms with E-state index in [4.69, 9.17) is 4.74 Å². The van der Waals surface area contributed by atoms with Crippen LogP contribution >= 0.6 is 0 Å². The van der Waals surface area contributed by atoms with Gasteiger partial charge in [0.15, 0.2) is 0 Å². The molecule has 0 bridgehead atoms. The number of methoxy groups -OCH3 is 1. The fourth-order valence-electron chi connectivity index (χ4n) is 4.31. The molecule has 4 aromatic rings. The Morgan fingerprint density at radius 3 is 2.16 bits per heavy atom. The lowest BCUT2D eigenvalue weighted by Gasteiger charge is -2.22. The molecule has 1 atom stereocenters. The van der Waals surface area contributed by atoms with E-state index in [2.05, 4.69) is 0 Å². The Kier molecular flexibility index (Phi) is 5.88. The van der Waals surface area contributed by atoms with Crippen LogP contribution in [0.1, 0.15) is 29.0 Å². The molecule has 0 aliphatic rings. The first-order valence-electron chi connectivity index (χ1n) is 10.2. The van der Waals surface area contributed by atoms with E-state index >= 15 is 0 Å². The Bertz CT molecular complexity index is 1160. The topological polar surface area (TPSA) is 14.2 Å². The maximum atomic E-state index is 13.8. The van der Waals surface area contributed by atoms with Gasteiger partial charge in [-0.3, -0.25) is 0 Å². The predicted octanol–water partition coefficient (Wildman–Crippen LogP) is 7.30. The number of fused-ring (bicyclic) bond motifs is 1. The maximum Gasteiger partial charge on any atom is 0.390 e. The van der Waals surface area contributed by atoms with Crippen molar-refractivity contribution in [2.24, 2.45) is 0 Å². The summed E-state index contributed by atoms with van der Waals surface area (Å²) in [5.74, 6) is -0.834. The summed E-state index contributed by atoms with van der Waals surface area (Å²) >= 11 is 0. The third-order valence-electron chi connectivity index (χ3n) is 5.55. The molecule has 1 heterocycles. The number of rotatable bonds is 6. The molecule has 1 unspecified atom stereocenters. The normalized spacial score (nSPS) is 12.9. The number of aromatic nitrogens is 1. The molecule has 0 spiro atoms. The summed E-state index contributed by atoms with van der Waals surface area (Å²) in [5, 5.41) is 0.819. The second kappa shape index (κ2) is 8.60. The molecule has 31 heavy (non-hydrogen) atoms. The lowest BCUT2D eigenvalue weighted by Crippen LogP contribution is -2.16. The number of hydrogen-bond acceptors (Lipinski definition) is 1. The van der Waals surface area contributed by atoms with Crippen LogP contribution in [0.15, 0.2) is 78.9 Å². The summed E-state index contributed by atoms with van der Waals surface area (Å²) in [7, 11) is 1.60. The van der Waals surface area contributed by atoms with E-state index in [-0.39, 0.29) is 6.73 Å². The van der Waals surface area contributed by atoms with Crippen LogP contribution in [0.2, 0.25) is 0 Å². The fraction of sp³-hybridized carbons (Fsp3) is 0.231. The van der Waals surface area contributed by atoms with Gasteiger partial charge in [0.1, 0.15) is 6.73 Å². The first kappa shape index (κ1) is 21.2. The van der Waals surface area contributed by atoms with E-state index in [0.717, 1.165) is 27.7 Å². The molecule has 1 aromatic heterocycles. The molecule has 2 nitrogen and oxygen atoms in total. The SMILES string of the molecule is COCn1c(-c2ccccc2)c(C(CC(F)(F)F)c2ccccc2)c2ccc(C)cc21. The highest BCUT2D eigenvalue weighted by atomic mass is 19.4. The highest BCUT2D eigenvalue weighted by molar-refractivity contribution is 5.93. The van der Waals surface area contributed by atoms with Crippen molar-refractivity contribution < 1.29 is 17.9 Å². The summed E-state index contributed by atoms with van der Waals surface area (Å²) in [6.45, 7) is 2.23. The van der Waals surface area contributed by atoms with Crippen molar-refractivity contribution in [2.75, 3.05) is 7.11 Å². The highest BCUT2D eigenvalue weighted by Crippen LogP contribution is 2.45. The van der Waals surface area contributed by atoms with Crippen molar-refractivity contribution in [1.82, 2.24) is 4.57 Å². The third-order valence-corrected chi connectivity index (χ3v) is 5.55. The van der Waals surface area contributed by atoms with Crippen LogP contribution in [-0.2, 0) is 11.5 Å². The highest BCUT2D eigenvalue weighted by Gasteiger charge is 2.36. The van der Waals surface area contributed by atoms with Gasteiger partial charge in [0.05, 0.1) is 17.6 Å². The average molecular weight is 423 g/mol. The Hall–Kier alpha value is -3.05. The van der Waals surface area contributed by atoms with Gasteiger partial charge in [-0.15, -0.1) is 0 Å². The number of halogens is 3. The second-order valence-corrected chi connectivity index (χ2v) is 7.78. The van der Waals surface area contributed by atoms with E-state index in [0.29, 0.717) is 11.1 Å². The van der Waals surface area contributed by atoms with E-state index in [9.17, 15) is 13.2 Å². The van der Waals surface area contributed by atoms with Crippen molar-refractivity contribution in [2.45, 2.75) is 32.2 Å². The summed E-state index contributed by atoms with van der Waals surface area (Å²) in [6.07, 6.45) is -5.24. The van der Waals surface area contributed by atoms with Gasteiger partial charge >= 0.3 is 6.18 Å². The number of nitrogens with zero attached hydrogens (tertiary/aromatic N) is 1. The van der Waals surface area contributed by atoms with Crippen molar-refractivity contribution in [3.8, 4) is 11.3 Å². The molecule has 0 aliphatic carbocycles. The van der Waals surface area contributed by atoms with Crippen LogP contribution < -0.4 is 0 Å². The van der Waals surface area contributed by atoms with Crippen LogP contribution in [-0.4, -0.2) is 17.9 Å². The minimum Gasteiger partial charge on any atom is -0.364 e. The first-order chi connectivity index (χ1) is 14.9. The third kappa shape index (κ3) is 4.37. The maximum absolute atomic E-state index is 13.8. The van der Waals surface area contributed by atoms with Crippen LogP contribution in [0.25, 0.3) is 22.2 Å². The molecule has 0 radical (unpaired) electrons. The summed E-state index contributed by atoms with van der Waals surface area (Å²) in [4.78, 5) is 0. The lowest BCUT2D eigenvalue weighted by molar-refractivity contribution is -0.136. The van der Waals surface area contributed by atoms with Crippen LogP contribution in [0.5, 0.6) is 0 Å². The fourth-order valence-corrected chi connectivity index (χ4v) is 4.31. The Labute approximate surface area is 179 Å². The van der Waals surface area contributed by atoms with Crippen LogP contribution in [0.3, 0.4) is 0 Å². The average Bonchev–Trinajstić information content (AvgIpc) is 3.06. The molecule has 0 saturated heterocycles. The molecule has 3 aromatic carbocycles. The van der Waals surface area contributed by atoms with Gasteiger partial charge in [-0.05, 0) is 35.2 Å². The van der Waals surface area contributed by atoms with E-state index < -0.39 is 18.5 Å². The van der Waals surface area contributed by atoms with E-state index in [1.165, 1.54) is 0 Å². The number of aryl methyl sites for hydroxylation is 1. The standard InChI is InChI=1S/C26H24F3NO/c1-18-13-14-21-23(15-18)30(17-31-2)25(20-11-7-4-8-12-20)24(21)22(16-26(27,28)29)19-9-5-3-6-10-19/h3-15,22H,16-17H2,1-2H3. The van der Waals surface area contributed by atoms with E-state index in [1.807, 2.05) is 66.1 Å². The molecule has 0 fully saturated rings. The Morgan fingerprint density at radius 1 is 0.903 bits per heavy atom. The van der Waals surface area contributed by atoms with Crippen molar-refractivity contribution in [3.63, 3.8) is 0 Å². The zero-order valence-electron chi connectivity index (χ0n) is 17.5. The van der Waals surface area contributed by atoms with Gasteiger partial charge < -0.3 is 9.30 Å². The van der Waals surface area contributed by atoms with Crippen LogP contribution in [0.4, 0.5) is 13.2 Å². The van der Waals surface area contributed by atoms with Gasteiger partial charge in [0.25, 0.3) is 0 Å². The first-order valence-corrected chi connectivity index (χ1v) is 10.2. The molecular formula is C26H24F3NO. The zero-order valence-corrected chi connectivity index (χ0v) is 17.5. The number of ether oxygens (including phenoxy) is 1. The smallest absolute Gasteiger partial charge is 0.364 e. The van der Waals surface area contributed by atoms with Crippen molar-refractivity contribution in [1.29, 1.82) is 0 Å². The minimum absolute atomic E-state index is 0.248. The molecule has 4 rings (SSSR count). The van der Waals surface area contributed by atoms with Crippen molar-refractivity contribution >= 4 is 10.9 Å². The minimum atomic E-state index is -4.31. The largest absolute Gasteiger partial charge is 0.390 e. The predicted molar refractivity (Wildman–Crippen MR) is 118 cm³/mol. The summed E-state index contributed by atoms with van der Waals surface area (Å²) in [5.41, 5.74) is 4.88. The second-order valence-electron chi connectivity index (χ2n) is 7.78. The number of hydrogen-bond donors (Lipinski definition) is 0. The zero-order chi connectivity index (χ0) is 22.0.